The highest BCUT2D eigenvalue weighted by Gasteiger charge is 2.41. The Morgan fingerprint density at radius 2 is 1.94 bits per heavy atom. The molecule has 0 heterocycles. The molecule has 2 N–H and O–H groups in total. The number of fused-ring (bicyclic) bond motifs is 1. The van der Waals surface area contributed by atoms with Gasteiger partial charge in [-0.05, 0) is 55.4 Å². The number of nitrogens with one attached hydrogen (secondary N) is 1. The second-order valence-electron chi connectivity index (χ2n) is 10.8. The topological polar surface area (TPSA) is 102 Å². The first-order valence-corrected chi connectivity index (χ1v) is 13.8. The number of rotatable bonds is 13. The predicted octanol–water partition coefficient (Wildman–Crippen LogP) is 4.73. The summed E-state index contributed by atoms with van der Waals surface area (Å²) in [6.45, 7) is 12.1. The molecule has 0 aromatic heterocycles. The molecule has 0 saturated carbocycles. The van der Waals surface area contributed by atoms with Crippen molar-refractivity contribution in [2.45, 2.75) is 105 Å². The van der Waals surface area contributed by atoms with E-state index in [1.54, 1.807) is 0 Å². The fourth-order valence-corrected chi connectivity index (χ4v) is 5.41. The van der Waals surface area contributed by atoms with Crippen LogP contribution >= 0.6 is 0 Å². The van der Waals surface area contributed by atoms with Crippen molar-refractivity contribution in [2.75, 3.05) is 6.54 Å². The Bertz CT molecular complexity index is 806. The number of amides is 1. The van der Waals surface area contributed by atoms with Gasteiger partial charge in [0.2, 0.25) is 5.91 Å². The number of aliphatic hydroxyl groups is 1. The zero-order valence-corrected chi connectivity index (χ0v) is 23.0. The molecule has 1 amide bonds. The summed E-state index contributed by atoms with van der Waals surface area (Å²) >= 11 is 0. The van der Waals surface area contributed by atoms with E-state index in [9.17, 15) is 19.5 Å². The average molecular weight is 506 g/mol. The van der Waals surface area contributed by atoms with Crippen molar-refractivity contribution in [3.05, 3.63) is 23.8 Å². The van der Waals surface area contributed by atoms with Crippen LogP contribution < -0.4 is 5.32 Å². The molecule has 0 fully saturated rings. The third-order valence-electron chi connectivity index (χ3n) is 7.56. The van der Waals surface area contributed by atoms with Crippen LogP contribution in [0.15, 0.2) is 23.8 Å². The van der Waals surface area contributed by atoms with Crippen LogP contribution in [0.5, 0.6) is 0 Å². The third-order valence-corrected chi connectivity index (χ3v) is 7.56. The Morgan fingerprint density at radius 3 is 2.58 bits per heavy atom. The number of esters is 2. The highest BCUT2D eigenvalue weighted by molar-refractivity contribution is 5.77. The lowest BCUT2D eigenvalue weighted by Crippen LogP contribution is -2.41. The van der Waals surface area contributed by atoms with Crippen LogP contribution in [0.25, 0.3) is 0 Å². The zero-order chi connectivity index (χ0) is 26.8. The molecule has 2 aliphatic carbocycles. The van der Waals surface area contributed by atoms with Gasteiger partial charge in [0.1, 0.15) is 12.2 Å². The first-order chi connectivity index (χ1) is 17.0. The lowest BCUT2D eigenvalue weighted by atomic mass is 9.65. The summed E-state index contributed by atoms with van der Waals surface area (Å²) in [7, 11) is 0. The van der Waals surface area contributed by atoms with Crippen LogP contribution in [-0.2, 0) is 23.9 Å². The Hall–Kier alpha value is -2.15. The summed E-state index contributed by atoms with van der Waals surface area (Å²) in [6.07, 6.45) is 9.03. The maximum absolute atomic E-state index is 12.7. The van der Waals surface area contributed by atoms with E-state index < -0.39 is 18.2 Å². The Balaban J connectivity index is 2.07. The molecule has 2 rings (SSSR count). The van der Waals surface area contributed by atoms with Crippen molar-refractivity contribution in [1.29, 1.82) is 0 Å². The minimum atomic E-state index is -0.706. The van der Waals surface area contributed by atoms with E-state index in [4.69, 9.17) is 9.47 Å². The molecule has 8 atom stereocenters. The molecule has 7 heteroatoms. The van der Waals surface area contributed by atoms with Gasteiger partial charge in [0.25, 0.3) is 0 Å². The molecule has 204 valence electrons. The predicted molar refractivity (Wildman–Crippen MR) is 140 cm³/mol. The maximum Gasteiger partial charge on any atom is 0.308 e. The lowest BCUT2D eigenvalue weighted by molar-refractivity contribution is -0.158. The third kappa shape index (κ3) is 9.06. The molecule has 8 unspecified atom stereocenters. The number of ether oxygens (including phenoxy) is 2. The molecular weight excluding hydrogens is 458 g/mol. The molecule has 0 aliphatic heterocycles. The minimum Gasteiger partial charge on any atom is -0.462 e. The lowest BCUT2D eigenvalue weighted by Gasteiger charge is -2.43. The van der Waals surface area contributed by atoms with Gasteiger partial charge in [0.05, 0.1) is 18.4 Å². The highest BCUT2D eigenvalue weighted by atomic mass is 16.5. The van der Waals surface area contributed by atoms with E-state index in [1.165, 1.54) is 12.5 Å². The number of aliphatic hydroxyl groups excluding tert-OH is 1. The SMILES string of the molecule is CCCNC(=O)CC(CC(O)CCC1C(C)C=CC2=CC(C)CC(OC(=O)C(C)CC)C21)OC(C)=O. The van der Waals surface area contributed by atoms with Crippen molar-refractivity contribution in [1.82, 2.24) is 5.32 Å². The Labute approximate surface area is 217 Å². The Kier molecular flexibility index (Phi) is 12.2. The van der Waals surface area contributed by atoms with E-state index in [2.05, 4.69) is 37.4 Å². The minimum absolute atomic E-state index is 0.0419. The summed E-state index contributed by atoms with van der Waals surface area (Å²) in [5.74, 6) is 0.0303. The van der Waals surface area contributed by atoms with Gasteiger partial charge in [0, 0.05) is 25.8 Å². The first kappa shape index (κ1) is 30.1. The molecule has 0 spiro atoms. The molecule has 36 heavy (non-hydrogen) atoms. The molecular formula is C29H47NO6. The summed E-state index contributed by atoms with van der Waals surface area (Å²) in [5, 5.41) is 13.7. The fraction of sp³-hybridized carbons (Fsp3) is 0.759. The summed E-state index contributed by atoms with van der Waals surface area (Å²) in [5.41, 5.74) is 1.22. The van der Waals surface area contributed by atoms with Gasteiger partial charge >= 0.3 is 11.9 Å². The summed E-state index contributed by atoms with van der Waals surface area (Å²) in [6, 6.07) is 0. The number of hydrogen-bond donors (Lipinski definition) is 2. The van der Waals surface area contributed by atoms with Gasteiger partial charge in [-0.1, -0.05) is 52.8 Å². The van der Waals surface area contributed by atoms with Gasteiger partial charge < -0.3 is 19.9 Å². The van der Waals surface area contributed by atoms with E-state index in [1.807, 2.05) is 20.8 Å². The highest BCUT2D eigenvalue weighted by Crippen LogP contribution is 2.45. The average Bonchev–Trinajstić information content (AvgIpc) is 2.81. The second-order valence-corrected chi connectivity index (χ2v) is 10.8. The number of carbonyl (C=O) groups is 3. The van der Waals surface area contributed by atoms with Crippen LogP contribution in [0.4, 0.5) is 0 Å². The normalized spacial score (nSPS) is 27.8. The quantitative estimate of drug-likeness (QED) is 0.351. The fourth-order valence-electron chi connectivity index (χ4n) is 5.41. The maximum atomic E-state index is 12.7. The van der Waals surface area contributed by atoms with Crippen molar-refractivity contribution in [3.8, 4) is 0 Å². The van der Waals surface area contributed by atoms with Gasteiger partial charge in [-0.15, -0.1) is 0 Å². The van der Waals surface area contributed by atoms with Crippen LogP contribution in [-0.4, -0.2) is 47.8 Å². The van der Waals surface area contributed by atoms with Crippen LogP contribution in [0.1, 0.15) is 86.5 Å². The largest absolute Gasteiger partial charge is 0.462 e. The van der Waals surface area contributed by atoms with Crippen LogP contribution in [0.2, 0.25) is 0 Å². The molecule has 0 aromatic rings. The van der Waals surface area contributed by atoms with E-state index in [-0.39, 0.29) is 54.5 Å². The standard InChI is InChI=1S/C29H47NO6/c1-7-13-30-27(33)17-24(35-21(6)31)16-23(32)11-12-25-20(5)9-10-22-14-18(3)15-26(28(22)25)36-29(34)19(4)8-2/h9-10,14,18-20,23-26,28,32H,7-8,11-13,15-17H2,1-6H3,(H,30,33). The molecule has 0 saturated heterocycles. The van der Waals surface area contributed by atoms with Crippen molar-refractivity contribution in [2.24, 2.45) is 29.6 Å². The Morgan fingerprint density at radius 1 is 1.22 bits per heavy atom. The van der Waals surface area contributed by atoms with Gasteiger partial charge in [-0.2, -0.15) is 0 Å². The van der Waals surface area contributed by atoms with Gasteiger partial charge in [-0.25, -0.2) is 0 Å². The molecule has 0 aromatic carbocycles. The van der Waals surface area contributed by atoms with Gasteiger partial charge in [0.15, 0.2) is 0 Å². The first-order valence-electron chi connectivity index (χ1n) is 13.8. The summed E-state index contributed by atoms with van der Waals surface area (Å²) in [4.78, 5) is 36.4. The van der Waals surface area contributed by atoms with E-state index in [0.717, 1.165) is 25.7 Å². The van der Waals surface area contributed by atoms with Crippen molar-refractivity contribution < 1.29 is 29.0 Å². The van der Waals surface area contributed by atoms with E-state index in [0.29, 0.717) is 18.9 Å². The van der Waals surface area contributed by atoms with Crippen LogP contribution in [0.3, 0.4) is 0 Å². The number of allylic oxidation sites excluding steroid dienone is 3. The van der Waals surface area contributed by atoms with Crippen molar-refractivity contribution >= 4 is 17.8 Å². The molecule has 0 radical (unpaired) electrons. The smallest absolute Gasteiger partial charge is 0.308 e. The van der Waals surface area contributed by atoms with Crippen LogP contribution in [0, 0.1) is 29.6 Å². The molecule has 0 bridgehead atoms. The van der Waals surface area contributed by atoms with E-state index >= 15 is 0 Å². The second kappa shape index (κ2) is 14.6. The monoisotopic (exact) mass is 505 g/mol. The summed E-state index contributed by atoms with van der Waals surface area (Å²) < 4.78 is 11.4. The number of hydrogen-bond acceptors (Lipinski definition) is 6. The molecule has 2 aliphatic rings. The zero-order valence-electron chi connectivity index (χ0n) is 23.0. The molecule has 7 nitrogen and oxygen atoms in total. The van der Waals surface area contributed by atoms with Crippen molar-refractivity contribution in [3.63, 3.8) is 0 Å². The number of carbonyl (C=O) groups excluding carboxylic acids is 3. The van der Waals surface area contributed by atoms with Gasteiger partial charge in [-0.3, -0.25) is 14.4 Å².